The van der Waals surface area contributed by atoms with E-state index in [0.717, 1.165) is 26.9 Å². The second kappa shape index (κ2) is 8.13. The van der Waals surface area contributed by atoms with Crippen LogP contribution in [0.15, 0.2) is 33.2 Å². The Morgan fingerprint density at radius 1 is 1.22 bits per heavy atom. The van der Waals surface area contributed by atoms with Gasteiger partial charge in [0.05, 0.1) is 15.6 Å². The second-order valence-electron chi connectivity index (χ2n) is 5.19. The quantitative estimate of drug-likeness (QED) is 0.588. The average molecular weight is 445 g/mol. The number of halogens is 2. The highest BCUT2D eigenvalue weighted by Crippen LogP contribution is 2.33. The second-order valence-corrected chi connectivity index (χ2v) is 6.90. The third kappa shape index (κ3) is 4.25. The van der Waals surface area contributed by atoms with Gasteiger partial charge in [-0.05, 0) is 63.9 Å². The lowest BCUT2D eigenvalue weighted by Gasteiger charge is -2.10. The SMILES string of the molecule is COCCn1c(C)cc(C(=O)COc2c(Br)cccc2Br)c1C. The molecule has 0 fully saturated rings. The first-order chi connectivity index (χ1) is 11.0. The number of hydrogen-bond acceptors (Lipinski definition) is 3. The Balaban J connectivity index is 2.12. The summed E-state index contributed by atoms with van der Waals surface area (Å²) < 4.78 is 14.5. The summed E-state index contributed by atoms with van der Waals surface area (Å²) in [4.78, 5) is 12.5. The first-order valence-electron chi connectivity index (χ1n) is 7.21. The van der Waals surface area contributed by atoms with E-state index in [9.17, 15) is 4.79 Å². The van der Waals surface area contributed by atoms with E-state index in [1.54, 1.807) is 7.11 Å². The highest BCUT2D eigenvalue weighted by atomic mass is 79.9. The van der Waals surface area contributed by atoms with Crippen molar-refractivity contribution in [2.75, 3.05) is 20.3 Å². The summed E-state index contributed by atoms with van der Waals surface area (Å²) in [5, 5.41) is 0. The topological polar surface area (TPSA) is 40.5 Å². The standard InChI is InChI=1S/C17H19Br2NO3/c1-11-9-13(12(2)20(11)7-8-22-3)16(21)10-23-17-14(18)5-4-6-15(17)19/h4-6,9H,7-8,10H2,1-3H3. The molecule has 4 nitrogen and oxygen atoms in total. The zero-order chi connectivity index (χ0) is 17.0. The number of aromatic nitrogens is 1. The van der Waals surface area contributed by atoms with Crippen molar-refractivity contribution in [1.82, 2.24) is 4.57 Å². The molecule has 0 amide bonds. The summed E-state index contributed by atoms with van der Waals surface area (Å²) in [6.07, 6.45) is 0. The van der Waals surface area contributed by atoms with Gasteiger partial charge < -0.3 is 14.0 Å². The van der Waals surface area contributed by atoms with Crippen LogP contribution in [-0.4, -0.2) is 30.7 Å². The van der Waals surface area contributed by atoms with Gasteiger partial charge in [0.2, 0.25) is 5.78 Å². The number of ether oxygens (including phenoxy) is 2. The zero-order valence-corrected chi connectivity index (χ0v) is 16.5. The Bertz CT molecular complexity index is 690. The van der Waals surface area contributed by atoms with E-state index >= 15 is 0 Å². The fraction of sp³-hybridized carbons (Fsp3) is 0.353. The molecule has 0 saturated heterocycles. The number of benzene rings is 1. The van der Waals surface area contributed by atoms with Crippen LogP contribution in [0.3, 0.4) is 0 Å². The molecule has 23 heavy (non-hydrogen) atoms. The van der Waals surface area contributed by atoms with Crippen LogP contribution >= 0.6 is 31.9 Å². The van der Waals surface area contributed by atoms with Gasteiger partial charge in [-0.15, -0.1) is 0 Å². The fourth-order valence-corrected chi connectivity index (χ4v) is 3.67. The molecule has 0 aliphatic heterocycles. The molecular formula is C17H19Br2NO3. The van der Waals surface area contributed by atoms with Crippen LogP contribution in [0, 0.1) is 13.8 Å². The zero-order valence-electron chi connectivity index (χ0n) is 13.4. The van der Waals surface area contributed by atoms with E-state index in [4.69, 9.17) is 9.47 Å². The monoisotopic (exact) mass is 443 g/mol. The Morgan fingerprint density at radius 2 is 1.87 bits per heavy atom. The molecule has 1 aromatic heterocycles. The van der Waals surface area contributed by atoms with E-state index in [2.05, 4.69) is 36.4 Å². The molecular weight excluding hydrogens is 426 g/mol. The maximum absolute atomic E-state index is 12.5. The van der Waals surface area contributed by atoms with Crippen molar-refractivity contribution in [3.8, 4) is 5.75 Å². The van der Waals surface area contributed by atoms with Crippen LogP contribution in [0.25, 0.3) is 0 Å². The molecule has 2 rings (SSSR count). The number of ketones is 1. The van der Waals surface area contributed by atoms with E-state index in [-0.39, 0.29) is 12.4 Å². The predicted molar refractivity (Wildman–Crippen MR) is 97.4 cm³/mol. The van der Waals surface area contributed by atoms with Gasteiger partial charge in [0.15, 0.2) is 6.61 Å². The van der Waals surface area contributed by atoms with Crippen LogP contribution in [0.2, 0.25) is 0 Å². The van der Waals surface area contributed by atoms with Crippen LogP contribution in [-0.2, 0) is 11.3 Å². The minimum absolute atomic E-state index is 0.00418. The Hall–Kier alpha value is -1.11. The van der Waals surface area contributed by atoms with Gasteiger partial charge >= 0.3 is 0 Å². The number of methoxy groups -OCH3 is 1. The third-order valence-corrected chi connectivity index (χ3v) is 4.91. The first-order valence-corrected chi connectivity index (χ1v) is 8.80. The molecule has 0 aliphatic carbocycles. The van der Waals surface area contributed by atoms with Gasteiger partial charge in [0.1, 0.15) is 5.75 Å². The normalized spacial score (nSPS) is 10.8. The molecule has 1 aromatic carbocycles. The smallest absolute Gasteiger partial charge is 0.202 e. The lowest BCUT2D eigenvalue weighted by atomic mass is 10.1. The van der Waals surface area contributed by atoms with Gasteiger partial charge in [0, 0.05) is 30.6 Å². The number of carbonyl (C=O) groups excluding carboxylic acids is 1. The summed E-state index contributed by atoms with van der Waals surface area (Å²) in [7, 11) is 1.67. The molecule has 0 radical (unpaired) electrons. The number of para-hydroxylation sites is 1. The fourth-order valence-electron chi connectivity index (χ4n) is 2.45. The molecule has 1 heterocycles. The van der Waals surface area contributed by atoms with Crippen LogP contribution < -0.4 is 4.74 Å². The number of Topliss-reactive ketones (excluding diaryl/α,β-unsaturated/α-hetero) is 1. The summed E-state index contributed by atoms with van der Waals surface area (Å²) in [6, 6.07) is 7.56. The van der Waals surface area contributed by atoms with Gasteiger partial charge in [0.25, 0.3) is 0 Å². The minimum Gasteiger partial charge on any atom is -0.483 e. The molecule has 0 unspecified atom stereocenters. The van der Waals surface area contributed by atoms with Crippen molar-refractivity contribution < 1.29 is 14.3 Å². The largest absolute Gasteiger partial charge is 0.483 e. The number of hydrogen-bond donors (Lipinski definition) is 0. The van der Waals surface area contributed by atoms with Crippen LogP contribution in [0.1, 0.15) is 21.7 Å². The van der Waals surface area contributed by atoms with E-state index in [1.807, 2.05) is 38.1 Å². The van der Waals surface area contributed by atoms with Crippen LogP contribution in [0.4, 0.5) is 0 Å². The van der Waals surface area contributed by atoms with Crippen molar-refractivity contribution in [3.63, 3.8) is 0 Å². The molecule has 6 heteroatoms. The maximum Gasteiger partial charge on any atom is 0.202 e. The molecule has 0 bridgehead atoms. The molecule has 0 saturated carbocycles. The summed E-state index contributed by atoms with van der Waals surface area (Å²) in [5.41, 5.74) is 2.69. The van der Waals surface area contributed by atoms with Gasteiger partial charge in [-0.2, -0.15) is 0 Å². The molecule has 0 atom stereocenters. The minimum atomic E-state index is -0.0376. The van der Waals surface area contributed by atoms with Crippen molar-refractivity contribution in [1.29, 1.82) is 0 Å². The number of nitrogens with zero attached hydrogens (tertiary/aromatic N) is 1. The van der Waals surface area contributed by atoms with Crippen molar-refractivity contribution in [3.05, 3.63) is 50.2 Å². The Morgan fingerprint density at radius 3 is 2.48 bits per heavy atom. The molecule has 0 spiro atoms. The highest BCUT2D eigenvalue weighted by Gasteiger charge is 2.17. The Labute approximate surface area is 153 Å². The summed E-state index contributed by atoms with van der Waals surface area (Å²) in [5.74, 6) is 0.596. The van der Waals surface area contributed by atoms with E-state index < -0.39 is 0 Å². The number of aryl methyl sites for hydroxylation is 1. The maximum atomic E-state index is 12.5. The average Bonchev–Trinajstić information content (AvgIpc) is 2.79. The number of rotatable bonds is 7. The van der Waals surface area contributed by atoms with Gasteiger partial charge in [-0.25, -0.2) is 0 Å². The first kappa shape index (κ1) is 18.2. The molecule has 2 aromatic rings. The van der Waals surface area contributed by atoms with Gasteiger partial charge in [-0.3, -0.25) is 4.79 Å². The van der Waals surface area contributed by atoms with E-state index in [0.29, 0.717) is 17.9 Å². The van der Waals surface area contributed by atoms with Crippen molar-refractivity contribution in [2.45, 2.75) is 20.4 Å². The molecule has 0 N–H and O–H groups in total. The van der Waals surface area contributed by atoms with Crippen molar-refractivity contribution in [2.24, 2.45) is 0 Å². The summed E-state index contributed by atoms with van der Waals surface area (Å²) in [6.45, 7) is 5.28. The van der Waals surface area contributed by atoms with Gasteiger partial charge in [-0.1, -0.05) is 6.07 Å². The predicted octanol–water partition coefficient (Wildman–Crippen LogP) is 4.54. The Kier molecular flexibility index (Phi) is 6.44. The number of carbonyl (C=O) groups is 1. The van der Waals surface area contributed by atoms with Crippen LogP contribution in [0.5, 0.6) is 5.75 Å². The lowest BCUT2D eigenvalue weighted by molar-refractivity contribution is 0.0919. The molecule has 124 valence electrons. The molecule has 0 aliphatic rings. The lowest BCUT2D eigenvalue weighted by Crippen LogP contribution is -2.14. The highest BCUT2D eigenvalue weighted by molar-refractivity contribution is 9.11. The van der Waals surface area contributed by atoms with Crippen molar-refractivity contribution >= 4 is 37.6 Å². The summed E-state index contributed by atoms with van der Waals surface area (Å²) >= 11 is 6.86. The van der Waals surface area contributed by atoms with E-state index in [1.165, 1.54) is 0 Å². The third-order valence-electron chi connectivity index (χ3n) is 3.66.